The van der Waals surface area contributed by atoms with Gasteiger partial charge in [-0.2, -0.15) is 0 Å². The van der Waals surface area contributed by atoms with Crippen LogP contribution in [0.25, 0.3) is 0 Å². The zero-order valence-corrected chi connectivity index (χ0v) is 18.4. The van der Waals surface area contributed by atoms with Crippen molar-refractivity contribution < 1.29 is 19.1 Å². The number of likely N-dealkylation sites (tertiary alicyclic amines) is 1. The van der Waals surface area contributed by atoms with E-state index in [1.807, 2.05) is 18.2 Å². The Balaban J connectivity index is 1.46. The van der Waals surface area contributed by atoms with Gasteiger partial charge >= 0.3 is 0 Å². The molecule has 2 aromatic rings. The van der Waals surface area contributed by atoms with Crippen LogP contribution in [0.1, 0.15) is 48.1 Å². The van der Waals surface area contributed by atoms with Gasteiger partial charge in [0.25, 0.3) is 5.91 Å². The molecule has 1 N–H and O–H groups in total. The Morgan fingerprint density at radius 2 is 1.84 bits per heavy atom. The topological polar surface area (TPSA) is 79.0 Å². The first-order valence-electron chi connectivity index (χ1n) is 11.2. The minimum absolute atomic E-state index is 0.0217. The van der Waals surface area contributed by atoms with Crippen molar-refractivity contribution in [2.45, 2.75) is 32.2 Å². The summed E-state index contributed by atoms with van der Waals surface area (Å²) in [7, 11) is 0. The lowest BCUT2D eigenvalue weighted by Gasteiger charge is -2.31. The van der Waals surface area contributed by atoms with E-state index in [0.717, 1.165) is 25.9 Å². The van der Waals surface area contributed by atoms with Crippen molar-refractivity contribution in [3.05, 3.63) is 59.7 Å². The Kier molecular flexibility index (Phi) is 6.85. The number of hydrogen-bond donors (Lipinski definition) is 1. The molecule has 32 heavy (non-hydrogen) atoms. The summed E-state index contributed by atoms with van der Waals surface area (Å²) < 4.78 is 5.50. The van der Waals surface area contributed by atoms with E-state index in [-0.39, 0.29) is 36.8 Å². The highest BCUT2D eigenvalue weighted by atomic mass is 16.5. The summed E-state index contributed by atoms with van der Waals surface area (Å²) in [6, 6.07) is 15.3. The average molecular weight is 436 g/mol. The number of amides is 2. The Bertz CT molecular complexity index is 986. The molecule has 0 radical (unpaired) electrons. The van der Waals surface area contributed by atoms with E-state index in [1.165, 1.54) is 10.5 Å². The molecule has 1 fully saturated rings. The zero-order valence-electron chi connectivity index (χ0n) is 18.4. The number of carbonyl (C=O) groups excluding carboxylic acids is 3. The number of Topliss-reactive ketones (excluding diaryl/α,β-unsaturated/α-hetero) is 1. The van der Waals surface area contributed by atoms with Crippen molar-refractivity contribution in [3.63, 3.8) is 0 Å². The number of ketones is 1. The molecule has 168 valence electrons. The van der Waals surface area contributed by atoms with Crippen LogP contribution in [0.15, 0.2) is 48.5 Å². The number of anilines is 1. The number of nitrogens with one attached hydrogen (secondary N) is 1. The number of benzene rings is 2. The molecule has 2 heterocycles. The maximum absolute atomic E-state index is 12.9. The van der Waals surface area contributed by atoms with Crippen LogP contribution in [0.4, 0.5) is 5.69 Å². The Labute approximate surface area is 188 Å². The summed E-state index contributed by atoms with van der Waals surface area (Å²) in [5.41, 5.74) is 2.15. The third kappa shape index (κ3) is 4.83. The van der Waals surface area contributed by atoms with Gasteiger partial charge in [0.15, 0.2) is 12.4 Å². The second kappa shape index (κ2) is 9.96. The summed E-state index contributed by atoms with van der Waals surface area (Å²) in [5.74, 6) is -0.0535. The van der Waals surface area contributed by atoms with Crippen LogP contribution in [0.5, 0.6) is 5.75 Å². The van der Waals surface area contributed by atoms with E-state index in [0.29, 0.717) is 30.0 Å². The summed E-state index contributed by atoms with van der Waals surface area (Å²) >= 11 is 0. The summed E-state index contributed by atoms with van der Waals surface area (Å²) in [6.07, 6.45) is 2.69. The molecule has 4 rings (SSSR count). The molecule has 1 unspecified atom stereocenters. The van der Waals surface area contributed by atoms with Crippen LogP contribution >= 0.6 is 0 Å². The normalized spacial score (nSPS) is 16.9. The summed E-state index contributed by atoms with van der Waals surface area (Å²) in [6.45, 7) is 4.06. The second-order valence-corrected chi connectivity index (χ2v) is 8.20. The molecule has 0 spiro atoms. The maximum atomic E-state index is 12.9. The fourth-order valence-corrected chi connectivity index (χ4v) is 4.35. The Morgan fingerprint density at radius 3 is 2.56 bits per heavy atom. The van der Waals surface area contributed by atoms with Crippen LogP contribution in [0, 0.1) is 0 Å². The maximum Gasteiger partial charge on any atom is 0.265 e. The number of ether oxygens (including phenoxy) is 1. The molecule has 0 aliphatic carbocycles. The summed E-state index contributed by atoms with van der Waals surface area (Å²) in [4.78, 5) is 41.3. The van der Waals surface area contributed by atoms with E-state index in [9.17, 15) is 14.4 Å². The van der Waals surface area contributed by atoms with Gasteiger partial charge in [0, 0.05) is 18.5 Å². The average Bonchev–Trinajstić information content (AvgIpc) is 3.35. The number of hydrogen-bond acceptors (Lipinski definition) is 5. The van der Waals surface area contributed by atoms with Crippen molar-refractivity contribution in [1.82, 2.24) is 10.2 Å². The van der Waals surface area contributed by atoms with Crippen molar-refractivity contribution >= 4 is 23.3 Å². The third-order valence-electron chi connectivity index (χ3n) is 6.11. The molecule has 2 amide bonds. The first kappa shape index (κ1) is 22.0. The highest BCUT2D eigenvalue weighted by molar-refractivity contribution is 6.04. The van der Waals surface area contributed by atoms with Gasteiger partial charge in [0.2, 0.25) is 5.91 Å². The van der Waals surface area contributed by atoms with E-state index in [4.69, 9.17) is 4.74 Å². The number of fused-ring (bicyclic) bond motifs is 1. The number of rotatable bonds is 8. The molecule has 0 bridgehead atoms. The van der Waals surface area contributed by atoms with Gasteiger partial charge in [-0.1, -0.05) is 37.3 Å². The monoisotopic (exact) mass is 435 g/mol. The van der Waals surface area contributed by atoms with Crippen LogP contribution in [0.3, 0.4) is 0 Å². The SMILES string of the molecule is CCC(=O)c1ccc2c(c1)N(CC(=O)NCC(c1ccccc1)N1CCCC1)C(=O)CO2. The molecule has 2 aromatic carbocycles. The minimum atomic E-state index is -0.298. The number of nitrogens with zero attached hydrogens (tertiary/aromatic N) is 2. The van der Waals surface area contributed by atoms with Crippen LogP contribution < -0.4 is 15.0 Å². The van der Waals surface area contributed by atoms with E-state index >= 15 is 0 Å². The molecule has 1 saturated heterocycles. The van der Waals surface area contributed by atoms with Crippen molar-refractivity contribution in [1.29, 1.82) is 0 Å². The van der Waals surface area contributed by atoms with E-state index in [1.54, 1.807) is 25.1 Å². The van der Waals surface area contributed by atoms with E-state index < -0.39 is 0 Å². The molecular formula is C25H29N3O4. The van der Waals surface area contributed by atoms with Gasteiger partial charge in [-0.05, 0) is 49.7 Å². The Morgan fingerprint density at radius 1 is 1.09 bits per heavy atom. The predicted octanol–water partition coefficient (Wildman–Crippen LogP) is 2.96. The highest BCUT2D eigenvalue weighted by Gasteiger charge is 2.29. The van der Waals surface area contributed by atoms with Crippen LogP contribution in [-0.2, 0) is 9.59 Å². The van der Waals surface area contributed by atoms with E-state index in [2.05, 4.69) is 22.3 Å². The molecule has 0 saturated carbocycles. The lowest BCUT2D eigenvalue weighted by molar-refractivity contribution is -0.125. The standard InChI is InChI=1S/C25H29N3O4/c1-2-22(29)19-10-11-23-20(14-19)28(25(31)17-32-23)16-24(30)26-15-21(27-12-6-7-13-27)18-8-4-3-5-9-18/h3-5,8-11,14,21H,2,6-7,12-13,15-17H2,1H3,(H,26,30). The van der Waals surface area contributed by atoms with Gasteiger partial charge in [-0.25, -0.2) is 0 Å². The van der Waals surface area contributed by atoms with Crippen LogP contribution in [0.2, 0.25) is 0 Å². The van der Waals surface area contributed by atoms with Gasteiger partial charge in [0.05, 0.1) is 11.7 Å². The lowest BCUT2D eigenvalue weighted by atomic mass is 10.1. The third-order valence-corrected chi connectivity index (χ3v) is 6.11. The first-order valence-corrected chi connectivity index (χ1v) is 11.2. The smallest absolute Gasteiger partial charge is 0.265 e. The highest BCUT2D eigenvalue weighted by Crippen LogP contribution is 2.33. The van der Waals surface area contributed by atoms with Gasteiger partial charge in [-0.15, -0.1) is 0 Å². The molecule has 7 heteroatoms. The fourth-order valence-electron chi connectivity index (χ4n) is 4.35. The molecular weight excluding hydrogens is 406 g/mol. The second-order valence-electron chi connectivity index (χ2n) is 8.20. The van der Waals surface area contributed by atoms with Gasteiger partial charge in [0.1, 0.15) is 12.3 Å². The molecule has 0 aromatic heterocycles. The van der Waals surface area contributed by atoms with Crippen molar-refractivity contribution in [2.24, 2.45) is 0 Å². The Hall–Kier alpha value is -3.19. The van der Waals surface area contributed by atoms with Gasteiger partial charge < -0.3 is 10.1 Å². The molecule has 2 aliphatic heterocycles. The van der Waals surface area contributed by atoms with Gasteiger partial charge in [-0.3, -0.25) is 24.2 Å². The van der Waals surface area contributed by atoms with Crippen molar-refractivity contribution in [2.75, 3.05) is 37.7 Å². The number of carbonyl (C=O) groups is 3. The molecule has 7 nitrogen and oxygen atoms in total. The van der Waals surface area contributed by atoms with Crippen LogP contribution in [-0.4, -0.2) is 55.3 Å². The predicted molar refractivity (Wildman–Crippen MR) is 122 cm³/mol. The minimum Gasteiger partial charge on any atom is -0.482 e. The lowest BCUT2D eigenvalue weighted by Crippen LogP contribution is -2.46. The summed E-state index contributed by atoms with van der Waals surface area (Å²) in [5, 5.41) is 3.02. The van der Waals surface area contributed by atoms with Crippen molar-refractivity contribution in [3.8, 4) is 5.75 Å². The fraction of sp³-hybridized carbons (Fsp3) is 0.400. The quantitative estimate of drug-likeness (QED) is 0.645. The largest absolute Gasteiger partial charge is 0.482 e. The molecule has 2 aliphatic rings. The first-order chi connectivity index (χ1) is 15.6. The molecule has 1 atom stereocenters. The zero-order chi connectivity index (χ0) is 22.5.